The van der Waals surface area contributed by atoms with E-state index in [1.54, 1.807) is 30.5 Å². The number of hydrogen-bond acceptors (Lipinski definition) is 3. The number of nitrogens with zero attached hydrogens (tertiary/aromatic N) is 1. The summed E-state index contributed by atoms with van der Waals surface area (Å²) in [5, 5.41) is 6.65. The van der Waals surface area contributed by atoms with Gasteiger partial charge in [0.1, 0.15) is 11.6 Å². The Morgan fingerprint density at radius 2 is 1.81 bits per heavy atom. The van der Waals surface area contributed by atoms with Gasteiger partial charge in [-0.25, -0.2) is 9.37 Å². The molecule has 0 saturated heterocycles. The number of amides is 1. The van der Waals surface area contributed by atoms with Gasteiger partial charge in [-0.2, -0.15) is 0 Å². The Bertz CT molecular complexity index is 882. The second-order valence-electron chi connectivity index (χ2n) is 5.73. The number of halogens is 2. The van der Waals surface area contributed by atoms with Crippen LogP contribution in [0.3, 0.4) is 0 Å². The molecule has 0 atom stereocenters. The van der Waals surface area contributed by atoms with Gasteiger partial charge in [0.2, 0.25) is 5.91 Å². The van der Waals surface area contributed by atoms with Gasteiger partial charge in [-0.3, -0.25) is 4.79 Å². The lowest BCUT2D eigenvalue weighted by Gasteiger charge is -2.09. The van der Waals surface area contributed by atoms with E-state index in [9.17, 15) is 9.18 Å². The Labute approximate surface area is 156 Å². The van der Waals surface area contributed by atoms with E-state index in [4.69, 9.17) is 11.6 Å². The van der Waals surface area contributed by atoms with Crippen molar-refractivity contribution in [2.75, 3.05) is 10.6 Å². The largest absolute Gasteiger partial charge is 0.366 e. The second-order valence-corrected chi connectivity index (χ2v) is 6.14. The second kappa shape index (κ2) is 8.45. The number of pyridine rings is 1. The third-order valence-electron chi connectivity index (χ3n) is 3.74. The van der Waals surface area contributed by atoms with E-state index in [2.05, 4.69) is 15.6 Å². The molecule has 0 fully saturated rings. The van der Waals surface area contributed by atoms with Crippen LogP contribution in [0.4, 0.5) is 15.9 Å². The molecule has 0 radical (unpaired) electrons. The summed E-state index contributed by atoms with van der Waals surface area (Å²) in [6.07, 6.45) is 1.75. The number of benzene rings is 2. The first-order valence-corrected chi connectivity index (χ1v) is 8.45. The van der Waals surface area contributed by atoms with Crippen molar-refractivity contribution in [3.63, 3.8) is 0 Å². The molecule has 1 amide bonds. The van der Waals surface area contributed by atoms with E-state index in [1.807, 2.05) is 24.3 Å². The summed E-state index contributed by atoms with van der Waals surface area (Å²) in [5.74, 6) is 0.176. The summed E-state index contributed by atoms with van der Waals surface area (Å²) in [6, 6.07) is 17.0. The minimum absolute atomic E-state index is 0.173. The van der Waals surface area contributed by atoms with Gasteiger partial charge in [-0.05, 0) is 41.5 Å². The molecule has 0 aliphatic rings. The molecule has 3 rings (SSSR count). The SMILES string of the molecule is O=C(Cc1ccc(F)cc1)Nc1ccc(NCc2ccccc2Cl)nc1. The lowest BCUT2D eigenvalue weighted by atomic mass is 10.1. The summed E-state index contributed by atoms with van der Waals surface area (Å²) in [5.41, 5.74) is 2.32. The molecule has 2 aromatic carbocycles. The van der Waals surface area contributed by atoms with Crippen LogP contribution in [0.15, 0.2) is 66.9 Å². The summed E-state index contributed by atoms with van der Waals surface area (Å²) in [6.45, 7) is 0.558. The third kappa shape index (κ3) is 5.04. The Balaban J connectivity index is 1.53. The van der Waals surface area contributed by atoms with Gasteiger partial charge in [0.25, 0.3) is 0 Å². The molecule has 1 aromatic heterocycles. The minimum Gasteiger partial charge on any atom is -0.366 e. The third-order valence-corrected chi connectivity index (χ3v) is 4.11. The Morgan fingerprint density at radius 1 is 1.04 bits per heavy atom. The first kappa shape index (κ1) is 17.9. The Hall–Kier alpha value is -2.92. The van der Waals surface area contributed by atoms with E-state index in [0.717, 1.165) is 11.1 Å². The minimum atomic E-state index is -0.321. The highest BCUT2D eigenvalue weighted by Gasteiger charge is 2.05. The molecular formula is C20H17ClFN3O. The number of carbonyl (C=O) groups is 1. The lowest BCUT2D eigenvalue weighted by molar-refractivity contribution is -0.115. The van der Waals surface area contributed by atoms with Crippen LogP contribution < -0.4 is 10.6 Å². The van der Waals surface area contributed by atoms with Crippen molar-refractivity contribution in [1.29, 1.82) is 0 Å². The van der Waals surface area contributed by atoms with Gasteiger partial charge in [0, 0.05) is 11.6 Å². The van der Waals surface area contributed by atoms with Crippen LogP contribution in [0.2, 0.25) is 5.02 Å². The fourth-order valence-corrected chi connectivity index (χ4v) is 2.60. The normalized spacial score (nSPS) is 10.4. The molecule has 132 valence electrons. The number of rotatable bonds is 6. The predicted octanol–water partition coefficient (Wildman–Crippen LogP) is 4.67. The number of nitrogens with one attached hydrogen (secondary N) is 2. The fraction of sp³-hybridized carbons (Fsp3) is 0.100. The summed E-state index contributed by atoms with van der Waals surface area (Å²) < 4.78 is 12.9. The van der Waals surface area contributed by atoms with Crippen molar-refractivity contribution < 1.29 is 9.18 Å². The van der Waals surface area contributed by atoms with E-state index in [-0.39, 0.29) is 18.1 Å². The predicted molar refractivity (Wildman–Crippen MR) is 102 cm³/mol. The fourth-order valence-electron chi connectivity index (χ4n) is 2.39. The molecule has 0 spiro atoms. The lowest BCUT2D eigenvalue weighted by Crippen LogP contribution is -2.14. The van der Waals surface area contributed by atoms with E-state index >= 15 is 0 Å². The maximum atomic E-state index is 12.9. The highest BCUT2D eigenvalue weighted by Crippen LogP contribution is 2.17. The molecule has 0 bridgehead atoms. The number of aromatic nitrogens is 1. The molecule has 0 saturated carbocycles. The summed E-state index contributed by atoms with van der Waals surface area (Å²) in [7, 11) is 0. The molecule has 0 aliphatic heterocycles. The molecule has 6 heteroatoms. The molecule has 1 heterocycles. The Kier molecular flexibility index (Phi) is 5.81. The molecule has 3 aromatic rings. The van der Waals surface area contributed by atoms with Crippen molar-refractivity contribution >= 4 is 29.0 Å². The van der Waals surface area contributed by atoms with Crippen molar-refractivity contribution in [2.45, 2.75) is 13.0 Å². The monoisotopic (exact) mass is 369 g/mol. The first-order valence-electron chi connectivity index (χ1n) is 8.08. The van der Waals surface area contributed by atoms with Gasteiger partial charge < -0.3 is 10.6 Å². The first-order chi connectivity index (χ1) is 12.6. The molecular weight excluding hydrogens is 353 g/mol. The quantitative estimate of drug-likeness (QED) is 0.664. The average Bonchev–Trinajstić information content (AvgIpc) is 2.64. The van der Waals surface area contributed by atoms with Crippen LogP contribution in [0.25, 0.3) is 0 Å². The number of hydrogen-bond donors (Lipinski definition) is 2. The molecule has 4 nitrogen and oxygen atoms in total. The van der Waals surface area contributed by atoms with Crippen LogP contribution in [0.5, 0.6) is 0 Å². The van der Waals surface area contributed by atoms with Crippen LogP contribution >= 0.6 is 11.6 Å². The van der Waals surface area contributed by atoms with Crippen LogP contribution in [0, 0.1) is 5.82 Å². The molecule has 26 heavy (non-hydrogen) atoms. The van der Waals surface area contributed by atoms with Gasteiger partial charge in [0.05, 0.1) is 18.3 Å². The molecule has 0 unspecified atom stereocenters. The van der Waals surface area contributed by atoms with E-state index in [1.165, 1.54) is 12.1 Å². The maximum Gasteiger partial charge on any atom is 0.228 e. The number of anilines is 2. The van der Waals surface area contributed by atoms with Crippen LogP contribution in [-0.2, 0) is 17.8 Å². The average molecular weight is 370 g/mol. The molecule has 0 aliphatic carbocycles. The maximum absolute atomic E-state index is 12.9. The Morgan fingerprint density at radius 3 is 2.50 bits per heavy atom. The van der Waals surface area contributed by atoms with Gasteiger partial charge >= 0.3 is 0 Å². The summed E-state index contributed by atoms with van der Waals surface area (Å²) in [4.78, 5) is 16.3. The van der Waals surface area contributed by atoms with Crippen molar-refractivity contribution in [2.24, 2.45) is 0 Å². The van der Waals surface area contributed by atoms with Crippen LogP contribution in [-0.4, -0.2) is 10.9 Å². The smallest absolute Gasteiger partial charge is 0.228 e. The zero-order valence-corrected chi connectivity index (χ0v) is 14.6. The molecule has 2 N–H and O–H groups in total. The topological polar surface area (TPSA) is 54.0 Å². The standard InChI is InChI=1S/C20H17ClFN3O/c21-18-4-2-1-3-15(18)12-23-19-10-9-17(13-24-19)25-20(26)11-14-5-7-16(22)8-6-14/h1-10,13H,11-12H2,(H,23,24)(H,25,26). The van der Waals surface area contributed by atoms with Gasteiger partial charge in [-0.1, -0.05) is 41.9 Å². The van der Waals surface area contributed by atoms with Gasteiger partial charge in [-0.15, -0.1) is 0 Å². The van der Waals surface area contributed by atoms with Gasteiger partial charge in [0.15, 0.2) is 0 Å². The highest BCUT2D eigenvalue weighted by atomic mass is 35.5. The van der Waals surface area contributed by atoms with Crippen molar-refractivity contribution in [1.82, 2.24) is 4.98 Å². The van der Waals surface area contributed by atoms with E-state index in [0.29, 0.717) is 23.1 Å². The van der Waals surface area contributed by atoms with Crippen LogP contribution in [0.1, 0.15) is 11.1 Å². The highest BCUT2D eigenvalue weighted by molar-refractivity contribution is 6.31. The van der Waals surface area contributed by atoms with E-state index < -0.39 is 0 Å². The van der Waals surface area contributed by atoms with Crippen molar-refractivity contribution in [3.8, 4) is 0 Å². The van der Waals surface area contributed by atoms with Crippen molar-refractivity contribution in [3.05, 3.63) is 88.8 Å². The zero-order chi connectivity index (χ0) is 18.4. The number of carbonyl (C=O) groups excluding carboxylic acids is 1. The zero-order valence-electron chi connectivity index (χ0n) is 13.9. The summed E-state index contributed by atoms with van der Waals surface area (Å²) >= 11 is 6.12.